The number of hydrogen-bond acceptors (Lipinski definition) is 1. The second-order valence-electron chi connectivity index (χ2n) is 2.89. The van der Waals surface area contributed by atoms with Crippen LogP contribution >= 0.6 is 0 Å². The molecule has 1 aromatic rings. The predicted molar refractivity (Wildman–Crippen MR) is 42.2 cm³/mol. The van der Waals surface area contributed by atoms with E-state index in [0.717, 1.165) is 18.8 Å². The lowest BCUT2D eigenvalue weighted by Gasteiger charge is -2.19. The van der Waals surface area contributed by atoms with Crippen molar-refractivity contribution in [1.29, 1.82) is 0 Å². The molecule has 0 amide bonds. The Kier molecular flexibility index (Phi) is 1.90. The number of piperidine rings is 1. The molecule has 1 saturated heterocycles. The fourth-order valence-electron chi connectivity index (χ4n) is 1.47. The molecular weight excluding hydrogens is 138 g/mol. The molecule has 1 fully saturated rings. The highest BCUT2D eigenvalue weighted by atomic mass is 15.0. The van der Waals surface area contributed by atoms with Gasteiger partial charge in [0.15, 0.2) is 0 Å². The molecule has 3 nitrogen and oxygen atoms in total. The van der Waals surface area contributed by atoms with Gasteiger partial charge in [-0.1, -0.05) is 6.42 Å². The van der Waals surface area contributed by atoms with Crippen LogP contribution in [-0.2, 0) is 0 Å². The molecule has 3 heteroatoms. The quantitative estimate of drug-likeness (QED) is 0.643. The van der Waals surface area contributed by atoms with Gasteiger partial charge < -0.3 is 4.98 Å². The number of nitrogens with zero attached hydrogens (tertiary/aromatic N) is 2. The molecule has 0 saturated carbocycles. The lowest BCUT2D eigenvalue weighted by Crippen LogP contribution is -2.21. The Hall–Kier alpha value is -0.830. The number of hydrogen-bond donors (Lipinski definition) is 1. The van der Waals surface area contributed by atoms with Crippen LogP contribution in [0.25, 0.3) is 0 Å². The van der Waals surface area contributed by atoms with Gasteiger partial charge in [0.25, 0.3) is 0 Å². The minimum absolute atomic E-state index is 0.346. The molecule has 11 heavy (non-hydrogen) atoms. The number of H-pyrrole nitrogens is 1. The summed E-state index contributed by atoms with van der Waals surface area (Å²) in [4.78, 5) is 7.29. The van der Waals surface area contributed by atoms with Crippen LogP contribution in [0.4, 0.5) is 0 Å². The summed E-state index contributed by atoms with van der Waals surface area (Å²) in [6.07, 6.45) is 7.35. The summed E-state index contributed by atoms with van der Waals surface area (Å²) in [5, 5.41) is 4.48. The molecular formula is C8H12N3. The summed E-state index contributed by atoms with van der Waals surface area (Å²) in [7, 11) is 0. The maximum atomic E-state index is 4.48. The Morgan fingerprint density at radius 1 is 1.45 bits per heavy atom. The van der Waals surface area contributed by atoms with Crippen molar-refractivity contribution in [1.82, 2.24) is 15.3 Å². The summed E-state index contributed by atoms with van der Waals surface area (Å²) in [5.41, 5.74) is 0. The van der Waals surface area contributed by atoms with Gasteiger partial charge in [-0.15, -0.1) is 0 Å². The van der Waals surface area contributed by atoms with E-state index in [1.54, 1.807) is 6.20 Å². The molecule has 0 bridgehead atoms. The van der Waals surface area contributed by atoms with Crippen LogP contribution < -0.4 is 5.32 Å². The predicted octanol–water partition coefficient (Wildman–Crippen LogP) is 1.24. The van der Waals surface area contributed by atoms with Crippen molar-refractivity contribution in [2.24, 2.45) is 0 Å². The molecule has 59 valence electrons. The largest absolute Gasteiger partial charge is 0.347 e. The van der Waals surface area contributed by atoms with Gasteiger partial charge in [-0.3, -0.25) is 0 Å². The Labute approximate surface area is 66.2 Å². The van der Waals surface area contributed by atoms with Crippen molar-refractivity contribution in [3.05, 3.63) is 18.2 Å². The first-order valence-electron chi connectivity index (χ1n) is 4.13. The van der Waals surface area contributed by atoms with Gasteiger partial charge in [0.2, 0.25) is 0 Å². The molecule has 1 atom stereocenters. The third kappa shape index (κ3) is 1.43. The Bertz CT molecular complexity index is 199. The van der Waals surface area contributed by atoms with E-state index in [9.17, 15) is 0 Å². The first kappa shape index (κ1) is 6.85. The highest BCUT2D eigenvalue weighted by Gasteiger charge is 2.17. The van der Waals surface area contributed by atoms with Crippen LogP contribution in [-0.4, -0.2) is 16.5 Å². The molecule has 2 heterocycles. The first-order chi connectivity index (χ1) is 5.47. The molecule has 0 aromatic carbocycles. The van der Waals surface area contributed by atoms with Crippen molar-refractivity contribution < 1.29 is 0 Å². The molecule has 1 radical (unpaired) electrons. The van der Waals surface area contributed by atoms with E-state index in [-0.39, 0.29) is 0 Å². The number of aromatic amines is 1. The van der Waals surface area contributed by atoms with Crippen LogP contribution in [0.1, 0.15) is 31.1 Å². The molecule has 1 aliphatic heterocycles. The summed E-state index contributed by atoms with van der Waals surface area (Å²) >= 11 is 0. The molecule has 0 spiro atoms. The van der Waals surface area contributed by atoms with Crippen molar-refractivity contribution in [3.8, 4) is 0 Å². The third-order valence-corrected chi connectivity index (χ3v) is 2.07. The Morgan fingerprint density at radius 2 is 2.45 bits per heavy atom. The van der Waals surface area contributed by atoms with E-state index in [1.165, 1.54) is 12.8 Å². The smallest absolute Gasteiger partial charge is 0.124 e. The second kappa shape index (κ2) is 3.05. The number of rotatable bonds is 1. The molecule has 1 aromatic heterocycles. The van der Waals surface area contributed by atoms with Gasteiger partial charge in [-0.25, -0.2) is 10.3 Å². The minimum atomic E-state index is 0.346. The summed E-state index contributed by atoms with van der Waals surface area (Å²) in [6, 6.07) is 0.346. The van der Waals surface area contributed by atoms with Gasteiger partial charge in [0, 0.05) is 18.9 Å². The second-order valence-corrected chi connectivity index (χ2v) is 2.89. The highest BCUT2D eigenvalue weighted by Crippen LogP contribution is 2.20. The van der Waals surface area contributed by atoms with Gasteiger partial charge in [-0.2, -0.15) is 0 Å². The lowest BCUT2D eigenvalue weighted by molar-refractivity contribution is 0.391. The third-order valence-electron chi connectivity index (χ3n) is 2.07. The zero-order chi connectivity index (χ0) is 7.52. The van der Waals surface area contributed by atoms with E-state index in [0.29, 0.717) is 6.04 Å². The van der Waals surface area contributed by atoms with Crippen LogP contribution in [0.3, 0.4) is 0 Å². The summed E-state index contributed by atoms with van der Waals surface area (Å²) in [6.45, 7) is 1.01. The fraction of sp³-hybridized carbons (Fsp3) is 0.625. The van der Waals surface area contributed by atoms with Crippen molar-refractivity contribution in [2.45, 2.75) is 25.3 Å². The molecule has 2 rings (SSSR count). The topological polar surface area (TPSA) is 42.8 Å². The van der Waals surface area contributed by atoms with Gasteiger partial charge in [0.1, 0.15) is 5.82 Å². The van der Waals surface area contributed by atoms with Crippen molar-refractivity contribution >= 4 is 0 Å². The van der Waals surface area contributed by atoms with E-state index in [4.69, 9.17) is 0 Å². The SMILES string of the molecule is c1c[nH]c(C2CCCC[N]2)n1. The van der Waals surface area contributed by atoms with Gasteiger partial charge >= 0.3 is 0 Å². The average Bonchev–Trinajstić information content (AvgIpc) is 2.58. The highest BCUT2D eigenvalue weighted by molar-refractivity contribution is 4.96. The number of imidazole rings is 1. The Morgan fingerprint density at radius 3 is 3.09 bits per heavy atom. The van der Waals surface area contributed by atoms with Crippen LogP contribution in [0.15, 0.2) is 12.4 Å². The number of aromatic nitrogens is 2. The molecule has 1 unspecified atom stereocenters. The lowest BCUT2D eigenvalue weighted by atomic mass is 10.0. The Balaban J connectivity index is 2.04. The van der Waals surface area contributed by atoms with E-state index >= 15 is 0 Å². The number of nitrogens with one attached hydrogen (secondary N) is 1. The molecule has 0 aliphatic carbocycles. The van der Waals surface area contributed by atoms with E-state index < -0.39 is 0 Å². The van der Waals surface area contributed by atoms with Crippen LogP contribution in [0.5, 0.6) is 0 Å². The zero-order valence-electron chi connectivity index (χ0n) is 6.45. The molecule has 1 aliphatic rings. The standard InChI is InChI=1S/C8H12N3/c1-2-4-9-7(3-1)8-10-5-6-11-8/h5-7H,1-4H2,(H,10,11). The van der Waals surface area contributed by atoms with Crippen molar-refractivity contribution in [3.63, 3.8) is 0 Å². The average molecular weight is 150 g/mol. The van der Waals surface area contributed by atoms with Crippen LogP contribution in [0, 0.1) is 0 Å². The first-order valence-corrected chi connectivity index (χ1v) is 4.13. The normalized spacial score (nSPS) is 25.3. The van der Waals surface area contributed by atoms with E-state index in [1.807, 2.05) is 6.20 Å². The monoisotopic (exact) mass is 150 g/mol. The van der Waals surface area contributed by atoms with Gasteiger partial charge in [0.05, 0.1) is 6.04 Å². The van der Waals surface area contributed by atoms with Crippen molar-refractivity contribution in [2.75, 3.05) is 6.54 Å². The molecule has 1 N–H and O–H groups in total. The zero-order valence-corrected chi connectivity index (χ0v) is 6.45. The maximum absolute atomic E-state index is 4.48. The van der Waals surface area contributed by atoms with Crippen LogP contribution in [0.2, 0.25) is 0 Å². The van der Waals surface area contributed by atoms with E-state index in [2.05, 4.69) is 15.3 Å². The van der Waals surface area contributed by atoms with Gasteiger partial charge in [-0.05, 0) is 12.8 Å². The summed E-state index contributed by atoms with van der Waals surface area (Å²) < 4.78 is 0. The fourth-order valence-corrected chi connectivity index (χ4v) is 1.47. The minimum Gasteiger partial charge on any atom is -0.347 e. The maximum Gasteiger partial charge on any atom is 0.124 e. The summed E-state index contributed by atoms with van der Waals surface area (Å²) in [5.74, 6) is 1.03.